The second kappa shape index (κ2) is 8.82. The SMILES string of the molecule is Cc1nc(OCCNS(=O)(=O)c2cc(C)c(Cl)cc2Cl)cc(N2CCCC2)n1. The molecule has 0 bridgehead atoms. The number of ether oxygens (including phenoxy) is 1. The van der Waals surface area contributed by atoms with Gasteiger partial charge >= 0.3 is 0 Å². The number of aryl methyl sites for hydroxylation is 2. The van der Waals surface area contributed by atoms with Gasteiger partial charge in [0.2, 0.25) is 15.9 Å². The number of aromatic nitrogens is 2. The molecule has 1 aliphatic rings. The molecule has 1 saturated heterocycles. The van der Waals surface area contributed by atoms with E-state index in [0.717, 1.165) is 31.7 Å². The van der Waals surface area contributed by atoms with Crippen molar-refractivity contribution >= 4 is 39.0 Å². The molecule has 2 aromatic rings. The van der Waals surface area contributed by atoms with Gasteiger partial charge in [0.15, 0.2) is 0 Å². The monoisotopic (exact) mass is 444 g/mol. The number of anilines is 1. The number of nitrogens with one attached hydrogen (secondary N) is 1. The van der Waals surface area contributed by atoms with Crippen LogP contribution in [0, 0.1) is 13.8 Å². The van der Waals surface area contributed by atoms with Gasteiger partial charge in [0.1, 0.15) is 23.1 Å². The smallest absolute Gasteiger partial charge is 0.242 e. The first-order valence-electron chi connectivity index (χ1n) is 8.95. The molecule has 0 aliphatic carbocycles. The molecule has 0 spiro atoms. The van der Waals surface area contributed by atoms with Crippen molar-refractivity contribution in [3.8, 4) is 5.88 Å². The largest absolute Gasteiger partial charge is 0.476 e. The van der Waals surface area contributed by atoms with Crippen molar-refractivity contribution in [2.24, 2.45) is 0 Å². The van der Waals surface area contributed by atoms with Gasteiger partial charge in [0.05, 0.1) is 5.02 Å². The zero-order valence-electron chi connectivity index (χ0n) is 15.7. The van der Waals surface area contributed by atoms with Gasteiger partial charge in [-0.15, -0.1) is 0 Å². The van der Waals surface area contributed by atoms with E-state index >= 15 is 0 Å². The molecule has 1 fully saturated rings. The summed E-state index contributed by atoms with van der Waals surface area (Å²) in [5, 5.41) is 0.492. The number of hydrogen-bond donors (Lipinski definition) is 1. The van der Waals surface area contributed by atoms with E-state index in [9.17, 15) is 8.42 Å². The zero-order valence-corrected chi connectivity index (χ0v) is 18.0. The number of rotatable bonds is 7. The predicted octanol–water partition coefficient (Wildman–Crippen LogP) is 3.36. The lowest BCUT2D eigenvalue weighted by Crippen LogP contribution is -2.28. The van der Waals surface area contributed by atoms with Crippen LogP contribution < -0.4 is 14.4 Å². The lowest BCUT2D eigenvalue weighted by atomic mass is 10.2. The van der Waals surface area contributed by atoms with Crippen LogP contribution in [0.3, 0.4) is 0 Å². The molecule has 2 heterocycles. The van der Waals surface area contributed by atoms with Crippen molar-refractivity contribution < 1.29 is 13.2 Å². The highest BCUT2D eigenvalue weighted by molar-refractivity contribution is 7.89. The molecule has 7 nitrogen and oxygen atoms in total. The van der Waals surface area contributed by atoms with E-state index in [2.05, 4.69) is 19.6 Å². The minimum atomic E-state index is -3.78. The molecule has 152 valence electrons. The Bertz CT molecular complexity index is 964. The van der Waals surface area contributed by atoms with Crippen molar-refractivity contribution in [2.45, 2.75) is 31.6 Å². The molecule has 0 saturated carbocycles. The second-order valence-electron chi connectivity index (χ2n) is 6.58. The van der Waals surface area contributed by atoms with Gasteiger partial charge in [-0.05, 0) is 44.4 Å². The van der Waals surface area contributed by atoms with Gasteiger partial charge in [-0.25, -0.2) is 18.1 Å². The van der Waals surface area contributed by atoms with E-state index < -0.39 is 10.0 Å². The van der Waals surface area contributed by atoms with Crippen molar-refractivity contribution in [1.29, 1.82) is 0 Å². The number of sulfonamides is 1. The molecule has 10 heteroatoms. The highest BCUT2D eigenvalue weighted by Crippen LogP contribution is 2.28. The fourth-order valence-corrected chi connectivity index (χ4v) is 4.80. The minimum absolute atomic E-state index is 0.00901. The van der Waals surface area contributed by atoms with E-state index in [0.29, 0.717) is 22.3 Å². The highest BCUT2D eigenvalue weighted by Gasteiger charge is 2.19. The van der Waals surface area contributed by atoms with Crippen molar-refractivity contribution in [3.05, 3.63) is 39.6 Å². The number of nitrogens with zero attached hydrogens (tertiary/aromatic N) is 3. The molecule has 0 unspecified atom stereocenters. The molecule has 28 heavy (non-hydrogen) atoms. The van der Waals surface area contributed by atoms with Gasteiger partial charge in [0, 0.05) is 30.7 Å². The maximum absolute atomic E-state index is 12.5. The molecular formula is C18H22Cl2N4O3S. The quantitative estimate of drug-likeness (QED) is 0.658. The zero-order chi connectivity index (χ0) is 20.3. The van der Waals surface area contributed by atoms with Gasteiger partial charge < -0.3 is 9.64 Å². The maximum atomic E-state index is 12.5. The summed E-state index contributed by atoms with van der Waals surface area (Å²) < 4.78 is 33.1. The Labute approximate surface area is 175 Å². The van der Waals surface area contributed by atoms with E-state index in [1.807, 2.05) is 0 Å². The average Bonchev–Trinajstić information content (AvgIpc) is 3.16. The third kappa shape index (κ3) is 5.05. The van der Waals surface area contributed by atoms with Crippen LogP contribution in [0.1, 0.15) is 24.2 Å². The van der Waals surface area contributed by atoms with Crippen molar-refractivity contribution in [3.63, 3.8) is 0 Å². The third-order valence-corrected chi connectivity index (χ3v) is 6.71. The van der Waals surface area contributed by atoms with Gasteiger partial charge in [-0.3, -0.25) is 0 Å². The summed E-state index contributed by atoms with van der Waals surface area (Å²) in [7, 11) is -3.78. The normalized spacial score (nSPS) is 14.5. The van der Waals surface area contributed by atoms with E-state index in [1.165, 1.54) is 12.1 Å². The second-order valence-corrected chi connectivity index (χ2v) is 9.13. The molecular weight excluding hydrogens is 423 g/mol. The Morgan fingerprint density at radius 3 is 2.54 bits per heavy atom. The lowest BCUT2D eigenvalue weighted by molar-refractivity contribution is 0.309. The molecule has 0 atom stereocenters. The topological polar surface area (TPSA) is 84.4 Å². The lowest BCUT2D eigenvalue weighted by Gasteiger charge is -2.17. The predicted molar refractivity (Wildman–Crippen MR) is 110 cm³/mol. The van der Waals surface area contributed by atoms with Crippen LogP contribution in [-0.2, 0) is 10.0 Å². The Hall–Kier alpha value is -1.61. The van der Waals surface area contributed by atoms with Crippen LogP contribution >= 0.6 is 23.2 Å². The fraction of sp³-hybridized carbons (Fsp3) is 0.444. The summed E-state index contributed by atoms with van der Waals surface area (Å²) in [6.45, 7) is 5.66. The Morgan fingerprint density at radius 1 is 1.11 bits per heavy atom. The molecule has 1 aliphatic heterocycles. The first-order chi connectivity index (χ1) is 13.3. The van der Waals surface area contributed by atoms with Crippen LogP contribution in [-0.4, -0.2) is 44.6 Å². The molecule has 3 rings (SSSR count). The van der Waals surface area contributed by atoms with E-state index in [-0.39, 0.29) is 23.1 Å². The number of hydrogen-bond acceptors (Lipinski definition) is 6. The van der Waals surface area contributed by atoms with Crippen LogP contribution in [0.4, 0.5) is 5.82 Å². The fourth-order valence-electron chi connectivity index (χ4n) is 2.95. The average molecular weight is 445 g/mol. The van der Waals surface area contributed by atoms with Crippen molar-refractivity contribution in [1.82, 2.24) is 14.7 Å². The Balaban J connectivity index is 1.60. The standard InChI is InChI=1S/C18H22Cl2N4O3S/c1-12-9-16(15(20)10-14(12)19)28(25,26)21-5-8-27-18-11-17(22-13(2)23-18)24-6-3-4-7-24/h9-11,21H,3-8H2,1-2H3. The minimum Gasteiger partial charge on any atom is -0.476 e. The number of benzene rings is 1. The summed E-state index contributed by atoms with van der Waals surface area (Å²) in [5.74, 6) is 1.88. The summed E-state index contributed by atoms with van der Waals surface area (Å²) in [6.07, 6.45) is 2.29. The Kier molecular flexibility index (Phi) is 6.65. The Morgan fingerprint density at radius 2 is 1.82 bits per heavy atom. The molecule has 0 amide bonds. The molecule has 1 aromatic carbocycles. The van der Waals surface area contributed by atoms with Crippen LogP contribution in [0.15, 0.2) is 23.1 Å². The van der Waals surface area contributed by atoms with Crippen LogP contribution in [0.5, 0.6) is 5.88 Å². The van der Waals surface area contributed by atoms with Gasteiger partial charge in [0.25, 0.3) is 0 Å². The van der Waals surface area contributed by atoms with Crippen LogP contribution in [0.2, 0.25) is 10.0 Å². The maximum Gasteiger partial charge on any atom is 0.242 e. The van der Waals surface area contributed by atoms with Crippen molar-refractivity contribution in [2.75, 3.05) is 31.1 Å². The summed E-state index contributed by atoms with van der Waals surface area (Å²) >= 11 is 12.0. The summed E-state index contributed by atoms with van der Waals surface area (Å²) in [4.78, 5) is 10.9. The third-order valence-electron chi connectivity index (χ3n) is 4.38. The van der Waals surface area contributed by atoms with Gasteiger partial charge in [-0.2, -0.15) is 4.98 Å². The highest BCUT2D eigenvalue weighted by atomic mass is 35.5. The van der Waals surface area contributed by atoms with Gasteiger partial charge in [-0.1, -0.05) is 23.2 Å². The van der Waals surface area contributed by atoms with E-state index in [1.54, 1.807) is 19.9 Å². The summed E-state index contributed by atoms with van der Waals surface area (Å²) in [6, 6.07) is 4.66. The number of halogens is 2. The first-order valence-corrected chi connectivity index (χ1v) is 11.2. The molecule has 0 radical (unpaired) electrons. The van der Waals surface area contributed by atoms with E-state index in [4.69, 9.17) is 27.9 Å². The summed E-state index contributed by atoms with van der Waals surface area (Å²) in [5.41, 5.74) is 0.633. The molecule has 1 N–H and O–H groups in total. The first kappa shape index (κ1) is 21.1. The molecule has 1 aromatic heterocycles. The van der Waals surface area contributed by atoms with Crippen LogP contribution in [0.25, 0.3) is 0 Å².